The Hall–Kier alpha value is -5.50. The number of nitrogens with zero attached hydrogens (tertiary/aromatic N) is 2. The minimum atomic E-state index is -0.955. The van der Waals surface area contributed by atoms with Crippen molar-refractivity contribution in [2.24, 2.45) is 0 Å². The number of aromatic nitrogens is 2. The molecule has 0 saturated heterocycles. The van der Waals surface area contributed by atoms with Gasteiger partial charge >= 0.3 is 0 Å². The van der Waals surface area contributed by atoms with Crippen LogP contribution in [0.1, 0.15) is 0 Å². The summed E-state index contributed by atoms with van der Waals surface area (Å²) in [6.07, 6.45) is 2.93. The van der Waals surface area contributed by atoms with Gasteiger partial charge in [-0.3, -0.25) is 9.59 Å². The van der Waals surface area contributed by atoms with Crippen molar-refractivity contribution in [1.29, 1.82) is 0 Å². The van der Waals surface area contributed by atoms with Gasteiger partial charge < -0.3 is 8.80 Å². The van der Waals surface area contributed by atoms with Crippen LogP contribution in [0.5, 0.6) is 0 Å². The van der Waals surface area contributed by atoms with Crippen LogP contribution in [-0.4, -0.2) is 8.80 Å². The average molecular weight is 563 g/mol. The highest BCUT2D eigenvalue weighted by atomic mass is 19.1. The molecule has 0 atom stereocenters. The second-order valence-corrected chi connectivity index (χ2v) is 9.86. The molecule has 0 N–H and O–H groups in total. The molecular weight excluding hydrogens is 544 g/mol. The Morgan fingerprint density at radius 3 is 1.19 bits per heavy atom. The molecule has 7 rings (SSSR count). The van der Waals surface area contributed by atoms with Crippen molar-refractivity contribution >= 4 is 11.0 Å². The van der Waals surface area contributed by atoms with E-state index in [1.165, 1.54) is 33.3 Å². The Bertz CT molecular complexity index is 2110. The van der Waals surface area contributed by atoms with Gasteiger partial charge in [-0.25, -0.2) is 17.6 Å². The van der Waals surface area contributed by atoms with Gasteiger partial charge in [0.25, 0.3) is 0 Å². The van der Waals surface area contributed by atoms with Gasteiger partial charge in [-0.1, -0.05) is 60.7 Å². The molecule has 0 saturated carbocycles. The molecule has 0 aliphatic heterocycles. The molecular formula is C34H18F4N2O2. The van der Waals surface area contributed by atoms with E-state index in [-0.39, 0.29) is 44.7 Å². The van der Waals surface area contributed by atoms with Crippen LogP contribution < -0.4 is 10.9 Å². The summed E-state index contributed by atoms with van der Waals surface area (Å²) < 4.78 is 61.7. The van der Waals surface area contributed by atoms with Crippen LogP contribution in [0.2, 0.25) is 0 Å². The molecule has 204 valence electrons. The van der Waals surface area contributed by atoms with Gasteiger partial charge in [0.1, 0.15) is 34.3 Å². The van der Waals surface area contributed by atoms with Crippen LogP contribution in [0.15, 0.2) is 119 Å². The maximum Gasteiger partial charge on any atom is 0.214 e. The van der Waals surface area contributed by atoms with Gasteiger partial charge in [-0.05, 0) is 35.4 Å². The normalized spacial score (nSPS) is 11.5. The molecule has 8 heteroatoms. The van der Waals surface area contributed by atoms with Crippen LogP contribution in [0, 0.1) is 23.3 Å². The molecule has 0 unspecified atom stereocenters. The zero-order chi connectivity index (χ0) is 29.1. The third-order valence-corrected chi connectivity index (χ3v) is 7.39. The van der Waals surface area contributed by atoms with Crippen molar-refractivity contribution in [2.75, 3.05) is 0 Å². The average Bonchev–Trinajstić information content (AvgIpc) is 3.51. The van der Waals surface area contributed by atoms with Gasteiger partial charge in [-0.2, -0.15) is 0 Å². The number of benzene rings is 4. The van der Waals surface area contributed by atoms with E-state index < -0.39 is 34.1 Å². The molecule has 0 amide bonds. The Balaban J connectivity index is 1.75. The minimum Gasteiger partial charge on any atom is -0.308 e. The number of hydrogen-bond donors (Lipinski definition) is 0. The van der Waals surface area contributed by atoms with E-state index in [9.17, 15) is 18.4 Å². The van der Waals surface area contributed by atoms with E-state index >= 15 is 8.78 Å². The Labute approximate surface area is 235 Å². The van der Waals surface area contributed by atoms with E-state index in [4.69, 9.17) is 0 Å². The highest BCUT2D eigenvalue weighted by Gasteiger charge is 2.28. The van der Waals surface area contributed by atoms with Gasteiger partial charge in [0.2, 0.25) is 10.9 Å². The molecule has 3 aromatic heterocycles. The summed E-state index contributed by atoms with van der Waals surface area (Å²) in [5.41, 5.74) is 0.0311. The third-order valence-electron chi connectivity index (χ3n) is 7.39. The number of rotatable bonds is 4. The Morgan fingerprint density at radius 1 is 0.452 bits per heavy atom. The fourth-order valence-electron chi connectivity index (χ4n) is 5.53. The van der Waals surface area contributed by atoms with Crippen molar-refractivity contribution in [3.8, 4) is 44.8 Å². The lowest BCUT2D eigenvalue weighted by atomic mass is 10.0. The highest BCUT2D eigenvalue weighted by molar-refractivity contribution is 5.93. The summed E-state index contributed by atoms with van der Waals surface area (Å²) in [7, 11) is 0. The number of fused-ring (bicyclic) bond motifs is 2. The van der Waals surface area contributed by atoms with E-state index in [0.717, 1.165) is 12.1 Å². The number of halogens is 4. The molecule has 0 bridgehead atoms. The van der Waals surface area contributed by atoms with E-state index in [0.29, 0.717) is 23.3 Å². The van der Waals surface area contributed by atoms with Crippen LogP contribution in [0.4, 0.5) is 17.6 Å². The predicted molar refractivity (Wildman–Crippen MR) is 154 cm³/mol. The molecule has 0 aliphatic carbocycles. The highest BCUT2D eigenvalue weighted by Crippen LogP contribution is 2.37. The fraction of sp³-hybridized carbons (Fsp3) is 0. The van der Waals surface area contributed by atoms with Crippen LogP contribution in [0.25, 0.3) is 55.8 Å². The maximum absolute atomic E-state index is 15.5. The summed E-state index contributed by atoms with van der Waals surface area (Å²) in [6, 6.07) is 23.3. The zero-order valence-electron chi connectivity index (χ0n) is 21.6. The first-order chi connectivity index (χ1) is 20.3. The zero-order valence-corrected chi connectivity index (χ0v) is 21.6. The first-order valence-electron chi connectivity index (χ1n) is 12.9. The van der Waals surface area contributed by atoms with Gasteiger partial charge in [-0.15, -0.1) is 0 Å². The molecule has 0 fully saturated rings. The Morgan fingerprint density at radius 2 is 0.833 bits per heavy atom. The van der Waals surface area contributed by atoms with Crippen molar-refractivity contribution in [3.63, 3.8) is 0 Å². The van der Waals surface area contributed by atoms with E-state index in [2.05, 4.69) is 0 Å². The van der Waals surface area contributed by atoms with Crippen LogP contribution in [0.3, 0.4) is 0 Å². The number of hydrogen-bond acceptors (Lipinski definition) is 2. The van der Waals surface area contributed by atoms with Crippen molar-refractivity contribution in [3.05, 3.63) is 153 Å². The van der Waals surface area contributed by atoms with E-state index in [1.54, 1.807) is 60.7 Å². The summed E-state index contributed by atoms with van der Waals surface area (Å²) in [6.45, 7) is 0. The summed E-state index contributed by atoms with van der Waals surface area (Å²) in [5, 5.41) is 0. The molecule has 0 spiro atoms. The molecule has 4 nitrogen and oxygen atoms in total. The van der Waals surface area contributed by atoms with Gasteiger partial charge in [0.15, 0.2) is 0 Å². The van der Waals surface area contributed by atoms with Crippen LogP contribution >= 0.6 is 0 Å². The smallest absolute Gasteiger partial charge is 0.214 e. The summed E-state index contributed by atoms with van der Waals surface area (Å²) in [5.74, 6) is -3.55. The lowest BCUT2D eigenvalue weighted by Crippen LogP contribution is -2.12. The van der Waals surface area contributed by atoms with Gasteiger partial charge in [0, 0.05) is 46.8 Å². The molecule has 42 heavy (non-hydrogen) atoms. The lowest BCUT2D eigenvalue weighted by Gasteiger charge is -2.15. The first kappa shape index (κ1) is 25.5. The Kier molecular flexibility index (Phi) is 5.79. The van der Waals surface area contributed by atoms with Crippen molar-refractivity contribution in [2.45, 2.75) is 0 Å². The molecule has 7 aromatic rings. The second-order valence-electron chi connectivity index (χ2n) is 9.86. The standard InChI is InChI=1S/C34H18F4N2O2/c35-21-11-13-23(27(37)15-21)29-31-33(41)25(19-7-3-1-4-8-19)17-39(31)30(24-14-12-22(36)16-28(24)38)32-34(42)26(18-40(29)32)20-9-5-2-6-10-20/h1-18H. The largest absolute Gasteiger partial charge is 0.308 e. The SMILES string of the molecule is O=c1c(-c2ccccc2)cn2c(-c3ccc(F)cc3F)c3c(=O)c(-c4ccccc4)cn3c(-c3ccc(F)cc3F)c12. The minimum absolute atomic E-state index is 0.0137. The quantitative estimate of drug-likeness (QED) is 0.208. The third kappa shape index (κ3) is 3.83. The molecule has 0 aliphatic rings. The van der Waals surface area contributed by atoms with Crippen molar-refractivity contribution in [1.82, 2.24) is 8.80 Å². The van der Waals surface area contributed by atoms with Gasteiger partial charge in [0.05, 0.1) is 11.4 Å². The lowest BCUT2D eigenvalue weighted by molar-refractivity contribution is 0.584. The van der Waals surface area contributed by atoms with Crippen LogP contribution in [-0.2, 0) is 0 Å². The predicted octanol–water partition coefficient (Wildman–Crippen LogP) is 7.57. The van der Waals surface area contributed by atoms with E-state index in [1.807, 2.05) is 0 Å². The fourth-order valence-corrected chi connectivity index (χ4v) is 5.53. The molecule has 0 radical (unpaired) electrons. The second kappa shape index (κ2) is 9.55. The molecule has 4 aromatic carbocycles. The van der Waals surface area contributed by atoms with Crippen molar-refractivity contribution < 1.29 is 17.6 Å². The summed E-state index contributed by atoms with van der Waals surface area (Å²) >= 11 is 0. The molecule has 3 heterocycles. The monoisotopic (exact) mass is 562 g/mol. The first-order valence-corrected chi connectivity index (χ1v) is 12.9. The summed E-state index contributed by atoms with van der Waals surface area (Å²) in [4.78, 5) is 28.3. The maximum atomic E-state index is 15.5. The topological polar surface area (TPSA) is 43.0 Å².